The molecule has 22 heteroatoms. The number of cyclic esters (lactones) is 1. The van der Waals surface area contributed by atoms with E-state index in [1.54, 1.807) is 51.1 Å². The molecule has 4 aromatic rings. The molecule has 4 atom stereocenters. The van der Waals surface area contributed by atoms with Crippen molar-refractivity contribution in [2.75, 3.05) is 32.8 Å². The lowest BCUT2D eigenvalue weighted by atomic mass is 9.81. The zero-order valence-corrected chi connectivity index (χ0v) is 46.0. The van der Waals surface area contributed by atoms with Gasteiger partial charge in [0.05, 0.1) is 54.8 Å². The Balaban J connectivity index is 0.00000492. The molecule has 19 nitrogen and oxygen atoms in total. The van der Waals surface area contributed by atoms with Crippen LogP contribution in [-0.2, 0) is 84.2 Å². The highest BCUT2D eigenvalue weighted by molar-refractivity contribution is 7.59. The van der Waals surface area contributed by atoms with E-state index in [0.717, 1.165) is 11.1 Å². The summed E-state index contributed by atoms with van der Waals surface area (Å²) in [5.41, 5.74) is 2.09. The third kappa shape index (κ3) is 13.3. The molecule has 5 heterocycles. The van der Waals surface area contributed by atoms with Gasteiger partial charge in [-0.2, -0.15) is 27.0 Å². The number of pyridine rings is 2. The molecule has 0 radical (unpaired) electrons. The van der Waals surface area contributed by atoms with Crippen molar-refractivity contribution in [1.29, 1.82) is 0 Å². The number of hydrogen-bond donors (Lipinski definition) is 4. The van der Waals surface area contributed by atoms with Crippen molar-refractivity contribution in [3.05, 3.63) is 97.6 Å². The van der Waals surface area contributed by atoms with Crippen LogP contribution in [-0.4, -0.2) is 105 Å². The lowest BCUT2D eigenvalue weighted by Gasteiger charge is -2.31. The molecule has 418 valence electrons. The maximum atomic E-state index is 15.4. The minimum Gasteiger partial charge on any atom is -0.458 e. The molecule has 4 aliphatic rings. The molecule has 1 saturated heterocycles. The Morgan fingerprint density at radius 1 is 0.897 bits per heavy atom. The maximum Gasteiger partial charge on any atom is 0.343 e. The molecular weight excluding hydrogens is 1050 g/mol. The van der Waals surface area contributed by atoms with E-state index >= 15 is 4.39 Å². The number of hydrogen-bond acceptors (Lipinski definition) is 14. The summed E-state index contributed by atoms with van der Waals surface area (Å²) in [4.78, 5) is 135. The molecule has 5 amide bonds. The van der Waals surface area contributed by atoms with Gasteiger partial charge in [-0.15, -0.1) is 0 Å². The minimum absolute atomic E-state index is 0. The summed E-state index contributed by atoms with van der Waals surface area (Å²) in [7, 11) is 0. The number of halogens is 1. The number of nitrogens with zero attached hydrogens (tertiary/aromatic N) is 3. The number of Topliss-reactive ketones (excluding diaryl/α,β-unsaturated/α-hetero) is 3. The fraction of sp³-hybridized carbons (Fsp3) is 0.482. The van der Waals surface area contributed by atoms with E-state index in [1.807, 2.05) is 6.07 Å². The lowest BCUT2D eigenvalue weighted by Crippen LogP contribution is -2.44. The second kappa shape index (κ2) is 26.4. The van der Waals surface area contributed by atoms with Gasteiger partial charge in [0.1, 0.15) is 24.8 Å². The van der Waals surface area contributed by atoms with Crippen molar-refractivity contribution in [1.82, 2.24) is 30.4 Å². The van der Waals surface area contributed by atoms with Crippen molar-refractivity contribution in [3.8, 4) is 11.4 Å². The van der Waals surface area contributed by atoms with E-state index in [1.165, 1.54) is 15.5 Å². The zero-order chi connectivity index (χ0) is 54.4. The van der Waals surface area contributed by atoms with Crippen LogP contribution < -0.4 is 21.5 Å². The first-order valence-electron chi connectivity index (χ1n) is 26.0. The van der Waals surface area contributed by atoms with Gasteiger partial charge in [0.2, 0.25) is 29.5 Å². The summed E-state index contributed by atoms with van der Waals surface area (Å²) >= 11 is 0. The average molecular weight is 1120 g/mol. The van der Waals surface area contributed by atoms with Crippen molar-refractivity contribution in [2.45, 2.75) is 129 Å². The number of ketones is 3. The highest BCUT2D eigenvalue weighted by Crippen LogP contribution is 2.46. The van der Waals surface area contributed by atoms with Crippen molar-refractivity contribution >= 4 is 90.7 Å². The summed E-state index contributed by atoms with van der Waals surface area (Å²) in [6.45, 7) is 3.82. The third-order valence-electron chi connectivity index (χ3n) is 15.0. The summed E-state index contributed by atoms with van der Waals surface area (Å²) in [6, 6.07) is 11.3. The van der Waals surface area contributed by atoms with E-state index in [9.17, 15) is 53.1 Å². The monoisotopic (exact) mass is 1110 g/mol. The first-order valence-corrected chi connectivity index (χ1v) is 26.0. The number of likely N-dealkylation sites (tertiary alicyclic amines) is 1. The number of esters is 1. The highest BCUT2D eigenvalue weighted by atomic mass is 32.1. The number of nitrogens with one attached hydrogen (secondary N) is 3. The topological polar surface area (TPSA) is 267 Å². The Labute approximate surface area is 464 Å². The Bertz CT molecular complexity index is 3100. The van der Waals surface area contributed by atoms with Crippen LogP contribution in [0.15, 0.2) is 47.3 Å². The number of amides is 5. The first kappa shape index (κ1) is 60.6. The van der Waals surface area contributed by atoms with Crippen molar-refractivity contribution in [3.63, 3.8) is 0 Å². The molecule has 4 N–H and O–H groups in total. The molecule has 2 aromatic carbocycles. The SMILES string of the molecule is CC[C@@]1(O)C(=O)OCc2c1cc1n(c2=O)Cc2c-1nc1cc(F)c(C)c3c1c2[C@@H](NC(=O)COCCC(=O)CNC(=O)[C@@H](CC(=O)CNC(=O)CCC(=O)CCCCCN1C(=O)CC(C)C1=O)Cc1ccccc1)CC3.S.S. The van der Waals surface area contributed by atoms with Crippen molar-refractivity contribution < 1.29 is 62.1 Å². The van der Waals surface area contributed by atoms with Gasteiger partial charge in [-0.1, -0.05) is 50.6 Å². The normalized spacial score (nSPS) is 18.2. The van der Waals surface area contributed by atoms with E-state index in [2.05, 4.69) is 16.0 Å². The largest absolute Gasteiger partial charge is 0.458 e. The van der Waals surface area contributed by atoms with Gasteiger partial charge >= 0.3 is 5.97 Å². The van der Waals surface area contributed by atoms with Gasteiger partial charge in [0.15, 0.2) is 17.2 Å². The molecule has 1 fully saturated rings. The average Bonchev–Trinajstić information content (AvgIpc) is 4.11. The number of carbonyl (C=O) groups is 9. The number of imide groups is 1. The van der Waals surface area contributed by atoms with Crippen LogP contribution in [0.2, 0.25) is 0 Å². The van der Waals surface area contributed by atoms with Crippen LogP contribution in [0.3, 0.4) is 0 Å². The second-order valence-corrected chi connectivity index (χ2v) is 20.3. The van der Waals surface area contributed by atoms with Crippen molar-refractivity contribution in [2.24, 2.45) is 11.8 Å². The molecule has 0 bridgehead atoms. The van der Waals surface area contributed by atoms with Crippen LogP contribution >= 0.6 is 27.0 Å². The standard InChI is InChI=1S/C56H63FN6O13.2H2S/c1-4-56(74)41-24-45-51-39(28-63(45)54(72)40(41)29-76-55(56)73)50-43(16-15-38-32(3)42(57)25-44(61-51)49(38)50)60-47(68)30-75-20-18-36(65)26-59-52(70)34(22-33-11-7-5-8-12-33)23-37(66)27-58-46(67)17-14-35(64)13-9-6-10-19-62-48(69)21-31(2)53(62)71;;/h5,7-8,11-12,24-25,31,34,43,74H,4,6,9-10,13-23,26-30H2,1-3H3,(H,58,67)(H,59,70)(H,60,68);2*1H2/t31?,34-,43+,56+;;/m1../s1. The summed E-state index contributed by atoms with van der Waals surface area (Å²) in [6.07, 6.45) is 2.71. The number of rotatable bonds is 25. The smallest absolute Gasteiger partial charge is 0.343 e. The predicted octanol–water partition coefficient (Wildman–Crippen LogP) is 4.19. The third-order valence-corrected chi connectivity index (χ3v) is 15.0. The van der Waals surface area contributed by atoms with E-state index < -0.39 is 70.8 Å². The number of benzene rings is 2. The van der Waals surface area contributed by atoms with E-state index in [0.29, 0.717) is 77.6 Å². The molecule has 1 unspecified atom stereocenters. The number of aromatic nitrogens is 2. The molecule has 8 rings (SSSR count). The van der Waals surface area contributed by atoms with Gasteiger partial charge in [0.25, 0.3) is 5.56 Å². The van der Waals surface area contributed by atoms with E-state index in [-0.39, 0.29) is 146 Å². The number of aliphatic hydroxyl groups is 1. The molecule has 78 heavy (non-hydrogen) atoms. The molecule has 3 aliphatic heterocycles. The number of fused-ring (bicyclic) bond motifs is 5. The Morgan fingerprint density at radius 2 is 1.64 bits per heavy atom. The fourth-order valence-electron chi connectivity index (χ4n) is 10.7. The van der Waals surface area contributed by atoms with Gasteiger partial charge in [-0.05, 0) is 73.8 Å². The number of aryl methyl sites for hydroxylation is 1. The van der Waals surface area contributed by atoms with Crippen LogP contribution in [0.5, 0.6) is 0 Å². The van der Waals surface area contributed by atoms with Gasteiger partial charge in [-0.3, -0.25) is 48.1 Å². The maximum absolute atomic E-state index is 15.4. The second-order valence-electron chi connectivity index (χ2n) is 20.3. The molecular formula is C56H67FN6O13S2. The fourth-order valence-corrected chi connectivity index (χ4v) is 10.7. The molecule has 0 spiro atoms. The predicted molar refractivity (Wildman–Crippen MR) is 292 cm³/mol. The Morgan fingerprint density at radius 3 is 2.36 bits per heavy atom. The Hall–Kier alpha value is -6.62. The number of unbranched alkanes of at least 4 members (excludes halogenated alkanes) is 2. The van der Waals surface area contributed by atoms with E-state index in [4.69, 9.17) is 14.5 Å². The van der Waals surface area contributed by atoms with Crippen LogP contribution in [0.1, 0.15) is 129 Å². The summed E-state index contributed by atoms with van der Waals surface area (Å²) in [5, 5.41) is 20.2. The summed E-state index contributed by atoms with van der Waals surface area (Å²) < 4.78 is 27.7. The molecule has 0 saturated carbocycles. The van der Waals surface area contributed by atoms with Crippen LogP contribution in [0.4, 0.5) is 4.39 Å². The zero-order valence-electron chi connectivity index (χ0n) is 44.0. The van der Waals surface area contributed by atoms with Crippen LogP contribution in [0, 0.1) is 24.6 Å². The van der Waals surface area contributed by atoms with Gasteiger partial charge < -0.3 is 35.1 Å². The highest BCUT2D eigenvalue weighted by Gasteiger charge is 2.46. The molecule has 2 aromatic heterocycles. The number of ether oxygens (including phenoxy) is 2. The first-order chi connectivity index (χ1) is 36.4. The van der Waals surface area contributed by atoms with Gasteiger partial charge in [0, 0.05) is 79.5 Å². The minimum atomic E-state index is -2.04. The Kier molecular flexibility index (Phi) is 20.5. The number of carbonyl (C=O) groups excluding carboxylic acids is 9. The quantitative estimate of drug-likeness (QED) is 0.0363. The van der Waals surface area contributed by atoms with Gasteiger partial charge in [-0.25, -0.2) is 14.2 Å². The summed E-state index contributed by atoms with van der Waals surface area (Å²) in [5.74, 6) is -5.29. The lowest BCUT2D eigenvalue weighted by molar-refractivity contribution is -0.172. The van der Waals surface area contributed by atoms with Crippen LogP contribution in [0.25, 0.3) is 22.3 Å². The molecule has 1 aliphatic carbocycles.